The molecule has 17 nitrogen and oxygen atoms in total. The van der Waals surface area contributed by atoms with Crippen molar-refractivity contribution in [3.63, 3.8) is 0 Å². The van der Waals surface area contributed by atoms with Gasteiger partial charge in [-0.2, -0.15) is 0 Å². The highest BCUT2D eigenvalue weighted by Crippen LogP contribution is 2.45. The van der Waals surface area contributed by atoms with Crippen LogP contribution in [-0.4, -0.2) is 96.7 Å². The molecule has 0 spiro atoms. The maximum Gasteiger partial charge on any atom is 0.472 e. The molecule has 0 radical (unpaired) electrons. The quantitative estimate of drug-likeness (QED) is 0.0222. The van der Waals surface area contributed by atoms with Crippen LogP contribution in [0.5, 0.6) is 0 Å². The minimum atomic E-state index is -4.96. The lowest BCUT2D eigenvalue weighted by Gasteiger charge is -2.21. The summed E-state index contributed by atoms with van der Waals surface area (Å²) >= 11 is 0. The van der Waals surface area contributed by atoms with E-state index in [1.54, 1.807) is 0 Å². The third-order valence-corrected chi connectivity index (χ3v) is 19.4. The van der Waals surface area contributed by atoms with Crippen LogP contribution in [0.2, 0.25) is 0 Å². The van der Waals surface area contributed by atoms with Crippen LogP contribution < -0.4 is 0 Å². The molecule has 0 aromatic rings. The first kappa shape index (κ1) is 91.1. The van der Waals surface area contributed by atoms with E-state index in [1.807, 2.05) is 0 Å². The van der Waals surface area contributed by atoms with E-state index in [0.29, 0.717) is 25.7 Å². The van der Waals surface area contributed by atoms with Gasteiger partial charge in [0, 0.05) is 25.7 Å². The van der Waals surface area contributed by atoms with Crippen molar-refractivity contribution in [1.82, 2.24) is 0 Å². The predicted octanol–water partition coefficient (Wildman–Crippen LogP) is 21.4. The number of rotatable bonds is 72. The van der Waals surface area contributed by atoms with Gasteiger partial charge in [0.2, 0.25) is 0 Å². The van der Waals surface area contributed by atoms with Crippen LogP contribution in [0.25, 0.3) is 0 Å². The molecular weight excluding hydrogens is 1220 g/mol. The summed E-state index contributed by atoms with van der Waals surface area (Å²) in [5.41, 5.74) is 0. The number of hydrogen-bond donors (Lipinski definition) is 3. The van der Waals surface area contributed by atoms with Gasteiger partial charge in [-0.05, 0) is 43.4 Å². The molecule has 3 N–H and O–H groups in total. The monoisotopic (exact) mass is 1370 g/mol. The fourth-order valence-corrected chi connectivity index (χ4v) is 12.8. The lowest BCUT2D eigenvalue weighted by Crippen LogP contribution is -2.30. The molecule has 0 heterocycles. The van der Waals surface area contributed by atoms with Crippen molar-refractivity contribution in [2.45, 2.75) is 394 Å². The van der Waals surface area contributed by atoms with Crippen LogP contribution in [0, 0.1) is 17.8 Å². The molecule has 0 fully saturated rings. The predicted molar refractivity (Wildman–Crippen MR) is 377 cm³/mol. The smallest absolute Gasteiger partial charge is 0.462 e. The molecule has 0 aromatic heterocycles. The van der Waals surface area contributed by atoms with Crippen LogP contribution in [0.15, 0.2) is 0 Å². The van der Waals surface area contributed by atoms with Crippen molar-refractivity contribution >= 4 is 39.5 Å². The molecule has 0 saturated heterocycles. The Balaban J connectivity index is 5.27. The summed E-state index contributed by atoms with van der Waals surface area (Å²) in [6.07, 6.45) is 49.8. The third-order valence-electron chi connectivity index (χ3n) is 17.5. The van der Waals surface area contributed by atoms with Crippen LogP contribution in [0.3, 0.4) is 0 Å². The molecule has 552 valence electrons. The number of ether oxygens (including phenoxy) is 4. The van der Waals surface area contributed by atoms with Gasteiger partial charge in [0.1, 0.15) is 19.3 Å². The fourth-order valence-electron chi connectivity index (χ4n) is 11.2. The Morgan fingerprint density at radius 2 is 0.548 bits per heavy atom. The van der Waals surface area contributed by atoms with Gasteiger partial charge in [0.05, 0.1) is 26.4 Å². The zero-order valence-electron chi connectivity index (χ0n) is 60.7. The van der Waals surface area contributed by atoms with Crippen molar-refractivity contribution < 1.29 is 80.2 Å². The minimum Gasteiger partial charge on any atom is -0.462 e. The standard InChI is InChI=1S/C74H144O17P2/c1-8-10-11-12-13-14-15-16-17-18-27-34-41-48-55-71(76)84-61-69(91-74(79)58-51-44-37-29-22-20-26-33-40-47-54-67(7)9-2)63-88-92(80,81)86-59-68(75)60-87-93(82,83)89-64-70(62-85-72(77)56-49-42-35-30-23-25-32-39-46-53-66(5)6)90-73(78)57-50-43-36-28-21-19-24-31-38-45-52-65(3)4/h65-70,75H,8-64H2,1-7H3,(H,80,81)(H,82,83)/t67?,68-,69-,70-/m1/s1. The molecule has 0 rings (SSSR count). The molecule has 93 heavy (non-hydrogen) atoms. The number of carbonyl (C=O) groups is 4. The molecule has 0 aliphatic carbocycles. The van der Waals surface area contributed by atoms with E-state index in [0.717, 1.165) is 108 Å². The Morgan fingerprint density at radius 3 is 0.817 bits per heavy atom. The van der Waals surface area contributed by atoms with Crippen LogP contribution >= 0.6 is 15.6 Å². The van der Waals surface area contributed by atoms with Crippen molar-refractivity contribution in [3.05, 3.63) is 0 Å². The van der Waals surface area contributed by atoms with Crippen LogP contribution in [0.4, 0.5) is 0 Å². The van der Waals surface area contributed by atoms with Crippen molar-refractivity contribution in [1.29, 1.82) is 0 Å². The van der Waals surface area contributed by atoms with Gasteiger partial charge in [-0.3, -0.25) is 37.3 Å². The van der Waals surface area contributed by atoms with Gasteiger partial charge >= 0.3 is 39.5 Å². The van der Waals surface area contributed by atoms with E-state index in [4.69, 9.17) is 37.0 Å². The molecule has 0 aromatic carbocycles. The van der Waals surface area contributed by atoms with E-state index in [9.17, 15) is 43.2 Å². The molecule has 0 aliphatic heterocycles. The Morgan fingerprint density at radius 1 is 0.312 bits per heavy atom. The van der Waals surface area contributed by atoms with E-state index >= 15 is 0 Å². The number of aliphatic hydroxyl groups is 1. The molecule has 6 atom stereocenters. The highest BCUT2D eigenvalue weighted by Gasteiger charge is 2.30. The van der Waals surface area contributed by atoms with Gasteiger partial charge in [0.15, 0.2) is 12.2 Å². The second-order valence-electron chi connectivity index (χ2n) is 27.9. The highest BCUT2D eigenvalue weighted by atomic mass is 31.2. The normalized spacial score (nSPS) is 14.4. The second kappa shape index (κ2) is 64.7. The van der Waals surface area contributed by atoms with E-state index in [1.165, 1.54) is 186 Å². The van der Waals surface area contributed by atoms with Crippen LogP contribution in [-0.2, 0) is 65.4 Å². The van der Waals surface area contributed by atoms with Gasteiger partial charge in [-0.25, -0.2) is 9.13 Å². The summed E-state index contributed by atoms with van der Waals surface area (Å²) in [4.78, 5) is 72.8. The zero-order valence-corrected chi connectivity index (χ0v) is 62.5. The third kappa shape index (κ3) is 67.0. The van der Waals surface area contributed by atoms with Crippen molar-refractivity contribution in [2.24, 2.45) is 17.8 Å². The summed E-state index contributed by atoms with van der Waals surface area (Å²) in [6.45, 7) is 11.9. The van der Waals surface area contributed by atoms with E-state index < -0.39 is 97.5 Å². The maximum absolute atomic E-state index is 13.1. The molecule has 0 bridgehead atoms. The average molecular weight is 1370 g/mol. The summed E-state index contributed by atoms with van der Waals surface area (Å²) in [5, 5.41) is 10.6. The first-order chi connectivity index (χ1) is 44.8. The Labute approximate surface area is 568 Å². The number of esters is 4. The van der Waals surface area contributed by atoms with Gasteiger partial charge < -0.3 is 33.8 Å². The highest BCUT2D eigenvalue weighted by molar-refractivity contribution is 7.47. The molecule has 3 unspecified atom stereocenters. The number of unbranched alkanes of at least 4 members (excludes halogenated alkanes) is 39. The number of phosphoric acid groups is 2. The van der Waals surface area contributed by atoms with Gasteiger partial charge in [-0.15, -0.1) is 0 Å². The molecule has 0 amide bonds. The molecular formula is C74H144O17P2. The lowest BCUT2D eigenvalue weighted by molar-refractivity contribution is -0.161. The number of hydrogen-bond acceptors (Lipinski definition) is 15. The number of aliphatic hydroxyl groups excluding tert-OH is 1. The number of phosphoric ester groups is 2. The summed E-state index contributed by atoms with van der Waals surface area (Å²) < 4.78 is 68.5. The molecule has 0 aliphatic rings. The number of carbonyl (C=O) groups excluding carboxylic acids is 4. The summed E-state index contributed by atoms with van der Waals surface area (Å²) in [5.74, 6) is 0.179. The maximum atomic E-state index is 13.1. The molecule has 19 heteroatoms. The second-order valence-corrected chi connectivity index (χ2v) is 30.8. The van der Waals surface area contributed by atoms with Crippen molar-refractivity contribution in [3.8, 4) is 0 Å². The topological polar surface area (TPSA) is 237 Å². The Bertz CT molecular complexity index is 1820. The van der Waals surface area contributed by atoms with Crippen molar-refractivity contribution in [2.75, 3.05) is 39.6 Å². The SMILES string of the molecule is CCCCCCCCCCCCCCCCC(=O)OC[C@H](COP(=O)(O)OC[C@@H](O)COP(=O)(O)OC[C@@H](COC(=O)CCCCCCCCCCCC(C)C)OC(=O)CCCCCCCCCCCCC(C)C)OC(=O)CCCCCCCCCCCCC(C)CC. The van der Waals surface area contributed by atoms with E-state index in [2.05, 4.69) is 48.5 Å². The van der Waals surface area contributed by atoms with Gasteiger partial charge in [0.25, 0.3) is 0 Å². The van der Waals surface area contributed by atoms with Crippen LogP contribution in [0.1, 0.15) is 376 Å². The molecule has 0 saturated carbocycles. The lowest BCUT2D eigenvalue weighted by atomic mass is 9.99. The first-order valence-corrected chi connectivity index (χ1v) is 41.4. The average Bonchev–Trinajstić information content (AvgIpc) is 1.73. The first-order valence-electron chi connectivity index (χ1n) is 38.4. The Hall–Kier alpha value is -1.94. The van der Waals surface area contributed by atoms with Gasteiger partial charge in [-0.1, -0.05) is 325 Å². The largest absolute Gasteiger partial charge is 0.472 e. The minimum absolute atomic E-state index is 0.105. The van der Waals surface area contributed by atoms with E-state index in [-0.39, 0.29) is 25.7 Å². The Kier molecular flexibility index (Phi) is 63.4. The zero-order chi connectivity index (χ0) is 68.7. The fraction of sp³-hybridized carbons (Fsp3) is 0.946. The summed E-state index contributed by atoms with van der Waals surface area (Å²) in [6, 6.07) is 0. The summed E-state index contributed by atoms with van der Waals surface area (Å²) in [7, 11) is -9.91.